The second-order valence-corrected chi connectivity index (χ2v) is 9.33. The lowest BCUT2D eigenvalue weighted by atomic mass is 10.2. The number of amides is 1. The number of hydrogen-bond acceptors (Lipinski definition) is 7. The Labute approximate surface area is 168 Å². The number of aryl methyl sites for hydroxylation is 2. The third-order valence-corrected chi connectivity index (χ3v) is 6.50. The Bertz CT molecular complexity index is 1120. The van der Waals surface area contributed by atoms with Gasteiger partial charge >= 0.3 is 0 Å². The molecule has 1 aromatic carbocycles. The Balaban J connectivity index is 1.38. The molecule has 1 aliphatic heterocycles. The van der Waals surface area contributed by atoms with Crippen LogP contribution in [-0.2, 0) is 21.1 Å². The average molecular weight is 415 g/mol. The molecule has 10 heteroatoms. The first-order chi connectivity index (χ1) is 13.9. The molecule has 152 valence electrons. The monoisotopic (exact) mass is 415 g/mol. The highest BCUT2D eigenvalue weighted by atomic mass is 32.2. The van der Waals surface area contributed by atoms with E-state index in [1.54, 1.807) is 17.7 Å². The topological polar surface area (TPSA) is 120 Å². The fraction of sp³-hybridized carbons (Fsp3) is 0.368. The minimum atomic E-state index is -3.05. The molecule has 4 rings (SSSR count). The van der Waals surface area contributed by atoms with Gasteiger partial charge in [0.2, 0.25) is 17.6 Å². The smallest absolute Gasteiger partial charge is 0.227 e. The van der Waals surface area contributed by atoms with Crippen molar-refractivity contribution in [2.24, 2.45) is 0 Å². The molecule has 29 heavy (non-hydrogen) atoms. The van der Waals surface area contributed by atoms with Crippen molar-refractivity contribution in [1.82, 2.24) is 19.9 Å². The molecule has 1 saturated heterocycles. The zero-order valence-corrected chi connectivity index (χ0v) is 16.7. The van der Waals surface area contributed by atoms with Gasteiger partial charge in [0.1, 0.15) is 5.82 Å². The van der Waals surface area contributed by atoms with Crippen LogP contribution in [0.2, 0.25) is 0 Å². The van der Waals surface area contributed by atoms with Crippen LogP contribution in [0, 0.1) is 6.92 Å². The summed E-state index contributed by atoms with van der Waals surface area (Å²) in [4.78, 5) is 16.7. The van der Waals surface area contributed by atoms with Gasteiger partial charge in [0.25, 0.3) is 0 Å². The van der Waals surface area contributed by atoms with Gasteiger partial charge in [-0.1, -0.05) is 35.5 Å². The average Bonchev–Trinajstić information content (AvgIpc) is 3.39. The lowest BCUT2D eigenvalue weighted by Gasteiger charge is -2.13. The van der Waals surface area contributed by atoms with Crippen molar-refractivity contribution in [1.29, 1.82) is 0 Å². The summed E-state index contributed by atoms with van der Waals surface area (Å²) in [5, 5.41) is 11.1. The molecule has 3 heterocycles. The molecule has 0 bridgehead atoms. The maximum atomic E-state index is 12.4. The minimum absolute atomic E-state index is 0.0429. The molecule has 9 nitrogen and oxygen atoms in total. The van der Waals surface area contributed by atoms with Gasteiger partial charge < -0.3 is 9.84 Å². The van der Waals surface area contributed by atoms with Gasteiger partial charge in [-0.25, -0.2) is 13.1 Å². The zero-order valence-electron chi connectivity index (χ0n) is 15.9. The zero-order chi connectivity index (χ0) is 20.4. The number of carbonyl (C=O) groups excluding carboxylic acids is 1. The molecule has 1 fully saturated rings. The minimum Gasteiger partial charge on any atom is -0.339 e. The van der Waals surface area contributed by atoms with E-state index >= 15 is 0 Å². The van der Waals surface area contributed by atoms with E-state index in [4.69, 9.17) is 4.52 Å². The van der Waals surface area contributed by atoms with Crippen LogP contribution in [0.4, 0.5) is 5.82 Å². The van der Waals surface area contributed by atoms with Crippen LogP contribution in [0.1, 0.15) is 30.5 Å². The molecule has 1 aliphatic rings. The van der Waals surface area contributed by atoms with Crippen molar-refractivity contribution >= 4 is 21.6 Å². The number of rotatable bonds is 6. The lowest BCUT2D eigenvalue weighted by molar-refractivity contribution is -0.116. The Morgan fingerprint density at radius 2 is 2.10 bits per heavy atom. The van der Waals surface area contributed by atoms with Gasteiger partial charge in [-0.05, 0) is 13.3 Å². The van der Waals surface area contributed by atoms with Crippen LogP contribution in [0.5, 0.6) is 0 Å². The number of nitrogens with zero attached hydrogens (tertiary/aromatic N) is 4. The molecule has 0 saturated carbocycles. The Kier molecular flexibility index (Phi) is 5.18. The normalized spacial score (nSPS) is 18.0. The van der Waals surface area contributed by atoms with E-state index in [0.29, 0.717) is 36.1 Å². The maximum absolute atomic E-state index is 12.4. The van der Waals surface area contributed by atoms with E-state index in [9.17, 15) is 13.2 Å². The van der Waals surface area contributed by atoms with Gasteiger partial charge in [0.15, 0.2) is 9.84 Å². The summed E-state index contributed by atoms with van der Waals surface area (Å²) >= 11 is 0. The van der Waals surface area contributed by atoms with Crippen LogP contribution in [0.3, 0.4) is 0 Å². The van der Waals surface area contributed by atoms with E-state index in [-0.39, 0.29) is 29.9 Å². The van der Waals surface area contributed by atoms with E-state index < -0.39 is 9.84 Å². The number of anilines is 1. The Morgan fingerprint density at radius 1 is 1.31 bits per heavy atom. The Morgan fingerprint density at radius 3 is 2.83 bits per heavy atom. The first-order valence-electron chi connectivity index (χ1n) is 9.34. The van der Waals surface area contributed by atoms with Crippen LogP contribution >= 0.6 is 0 Å². The predicted molar refractivity (Wildman–Crippen MR) is 106 cm³/mol. The number of sulfone groups is 1. The van der Waals surface area contributed by atoms with Gasteiger partial charge in [-0.2, -0.15) is 10.1 Å². The molecule has 2 aromatic heterocycles. The van der Waals surface area contributed by atoms with Crippen LogP contribution in [-0.4, -0.2) is 45.8 Å². The Hall–Kier alpha value is -3.01. The summed E-state index contributed by atoms with van der Waals surface area (Å²) in [5.41, 5.74) is 1.56. The molecular weight excluding hydrogens is 394 g/mol. The summed E-state index contributed by atoms with van der Waals surface area (Å²) in [6, 6.07) is 10.9. The molecule has 1 unspecified atom stereocenters. The molecule has 1 amide bonds. The molecule has 3 aromatic rings. The number of nitrogens with one attached hydrogen (secondary N) is 1. The number of benzene rings is 1. The van der Waals surface area contributed by atoms with Gasteiger partial charge in [0, 0.05) is 24.5 Å². The van der Waals surface area contributed by atoms with Crippen LogP contribution in [0.25, 0.3) is 11.4 Å². The number of hydrogen-bond donors (Lipinski definition) is 1. The number of aromatic nitrogens is 4. The van der Waals surface area contributed by atoms with Crippen molar-refractivity contribution in [3.63, 3.8) is 0 Å². The van der Waals surface area contributed by atoms with Crippen molar-refractivity contribution in [3.8, 4) is 11.4 Å². The van der Waals surface area contributed by atoms with Crippen LogP contribution in [0.15, 0.2) is 40.9 Å². The summed E-state index contributed by atoms with van der Waals surface area (Å²) in [7, 11) is -3.05. The third kappa shape index (κ3) is 4.53. The van der Waals surface area contributed by atoms with Gasteiger partial charge in [-0.15, -0.1) is 0 Å². The van der Waals surface area contributed by atoms with E-state index in [2.05, 4.69) is 20.6 Å². The second kappa shape index (κ2) is 7.78. The maximum Gasteiger partial charge on any atom is 0.227 e. The highest BCUT2D eigenvalue weighted by molar-refractivity contribution is 7.91. The fourth-order valence-corrected chi connectivity index (χ4v) is 5.04. The largest absolute Gasteiger partial charge is 0.339 e. The molecule has 0 radical (unpaired) electrons. The second-order valence-electron chi connectivity index (χ2n) is 7.10. The molecular formula is C19H21N5O4S. The van der Waals surface area contributed by atoms with Crippen molar-refractivity contribution in [2.75, 3.05) is 16.8 Å². The quantitative estimate of drug-likeness (QED) is 0.655. The fourth-order valence-electron chi connectivity index (χ4n) is 3.34. The van der Waals surface area contributed by atoms with Crippen molar-refractivity contribution < 1.29 is 17.7 Å². The summed E-state index contributed by atoms with van der Waals surface area (Å²) in [6.07, 6.45) is 0.955. The van der Waals surface area contributed by atoms with Crippen molar-refractivity contribution in [2.45, 2.75) is 32.2 Å². The van der Waals surface area contributed by atoms with E-state index in [1.165, 1.54) is 0 Å². The molecule has 0 spiro atoms. The molecule has 0 aliphatic carbocycles. The first kappa shape index (κ1) is 19.3. The van der Waals surface area contributed by atoms with E-state index in [1.807, 2.05) is 30.3 Å². The standard InChI is InChI=1S/C19H21N5O4S/c1-13-11-16(24(22-13)15-9-10-29(26,27)12-15)20-17(25)7-8-18-21-19(23-28-18)14-5-3-2-4-6-14/h2-6,11,15H,7-10,12H2,1H3,(H,20,25). The number of carbonyl (C=O) groups is 1. The van der Waals surface area contributed by atoms with Gasteiger partial charge in [0.05, 0.1) is 23.2 Å². The summed E-state index contributed by atoms with van der Waals surface area (Å²) in [6.45, 7) is 1.80. The summed E-state index contributed by atoms with van der Waals surface area (Å²) < 4.78 is 30.4. The third-order valence-electron chi connectivity index (χ3n) is 4.75. The highest BCUT2D eigenvalue weighted by Crippen LogP contribution is 2.27. The highest BCUT2D eigenvalue weighted by Gasteiger charge is 2.31. The predicted octanol–water partition coefficient (Wildman–Crippen LogP) is 2.17. The molecule has 1 N–H and O–H groups in total. The van der Waals surface area contributed by atoms with Crippen molar-refractivity contribution in [3.05, 3.63) is 48.0 Å². The SMILES string of the molecule is Cc1cc(NC(=O)CCc2nc(-c3ccccc3)no2)n(C2CCS(=O)(=O)C2)n1. The summed E-state index contributed by atoms with van der Waals surface area (Å²) in [5.74, 6) is 1.32. The molecule has 1 atom stereocenters. The van der Waals surface area contributed by atoms with E-state index in [0.717, 1.165) is 5.56 Å². The first-order valence-corrected chi connectivity index (χ1v) is 11.2. The lowest BCUT2D eigenvalue weighted by Crippen LogP contribution is -2.19. The van der Waals surface area contributed by atoms with Gasteiger partial charge in [-0.3, -0.25) is 4.79 Å². The van der Waals surface area contributed by atoms with Crippen LogP contribution < -0.4 is 5.32 Å².